The van der Waals surface area contributed by atoms with Gasteiger partial charge in [0.2, 0.25) is 0 Å². The molecule has 0 aromatic heterocycles. The first-order valence-corrected chi connectivity index (χ1v) is 6.40. The van der Waals surface area contributed by atoms with Gasteiger partial charge < -0.3 is 9.64 Å². The Labute approximate surface area is 112 Å². The summed E-state index contributed by atoms with van der Waals surface area (Å²) in [6, 6.07) is 5.09. The van der Waals surface area contributed by atoms with Crippen LogP contribution in [-0.4, -0.2) is 30.0 Å². The number of nitro benzene ring substituents is 1. The number of benzene rings is 1. The van der Waals surface area contributed by atoms with Gasteiger partial charge in [0.15, 0.2) is 0 Å². The maximum Gasteiger partial charge on any atom is 0.277 e. The number of methoxy groups -OCH3 is 1. The van der Waals surface area contributed by atoms with Crippen molar-refractivity contribution in [2.24, 2.45) is 0 Å². The molecule has 0 radical (unpaired) electrons. The quantitative estimate of drug-likeness (QED) is 0.605. The summed E-state index contributed by atoms with van der Waals surface area (Å²) in [5.41, 5.74) is 1.61. The minimum absolute atomic E-state index is 0.130. The highest BCUT2D eigenvalue weighted by molar-refractivity contribution is 5.64. The van der Waals surface area contributed by atoms with Gasteiger partial charge in [-0.15, -0.1) is 0 Å². The third kappa shape index (κ3) is 3.32. The molecule has 1 aromatic carbocycles. The van der Waals surface area contributed by atoms with E-state index in [-0.39, 0.29) is 10.6 Å². The standard InChI is InChI=1S/C14H18N2O3/c1-19-11-12-5-4-6-14(16(17)18)13(12)7-10-15-8-2-3-9-15/h4-7,10H,2-3,8-9,11H2,1H3. The van der Waals surface area contributed by atoms with Gasteiger partial charge in [-0.1, -0.05) is 12.1 Å². The van der Waals surface area contributed by atoms with Crippen LogP contribution in [0, 0.1) is 10.1 Å². The second kappa shape index (κ2) is 6.33. The van der Waals surface area contributed by atoms with Crippen LogP contribution >= 0.6 is 0 Å². The molecule has 19 heavy (non-hydrogen) atoms. The van der Waals surface area contributed by atoms with Crippen LogP contribution in [0.2, 0.25) is 0 Å². The van der Waals surface area contributed by atoms with E-state index in [1.807, 2.05) is 18.3 Å². The van der Waals surface area contributed by atoms with Gasteiger partial charge in [-0.2, -0.15) is 0 Å². The van der Waals surface area contributed by atoms with Crippen molar-refractivity contribution in [1.29, 1.82) is 0 Å². The van der Waals surface area contributed by atoms with E-state index in [4.69, 9.17) is 4.74 Å². The molecule has 1 aromatic rings. The highest BCUT2D eigenvalue weighted by atomic mass is 16.6. The average Bonchev–Trinajstić information content (AvgIpc) is 2.90. The predicted octanol–water partition coefficient (Wildman–Crippen LogP) is 2.81. The molecule has 0 spiro atoms. The van der Waals surface area contributed by atoms with Crippen LogP contribution < -0.4 is 0 Å². The van der Waals surface area contributed by atoms with Crippen molar-refractivity contribution in [2.45, 2.75) is 19.4 Å². The Morgan fingerprint density at radius 1 is 1.42 bits per heavy atom. The number of likely N-dealkylation sites (tertiary alicyclic amines) is 1. The molecule has 0 aliphatic carbocycles. The Morgan fingerprint density at radius 2 is 2.16 bits per heavy atom. The first-order chi connectivity index (χ1) is 9.22. The van der Waals surface area contributed by atoms with E-state index in [0.29, 0.717) is 12.2 Å². The normalized spacial score (nSPS) is 15.3. The summed E-state index contributed by atoms with van der Waals surface area (Å²) in [6.45, 7) is 2.43. The second-order valence-electron chi connectivity index (χ2n) is 4.60. The summed E-state index contributed by atoms with van der Waals surface area (Å²) in [5.74, 6) is 0. The first-order valence-electron chi connectivity index (χ1n) is 6.40. The lowest BCUT2D eigenvalue weighted by Gasteiger charge is -2.11. The highest BCUT2D eigenvalue weighted by Crippen LogP contribution is 2.25. The average molecular weight is 262 g/mol. The summed E-state index contributed by atoms with van der Waals surface area (Å²) in [5, 5.41) is 11.1. The van der Waals surface area contributed by atoms with E-state index in [0.717, 1.165) is 18.7 Å². The fourth-order valence-electron chi connectivity index (χ4n) is 2.30. The van der Waals surface area contributed by atoms with E-state index < -0.39 is 0 Å². The minimum Gasteiger partial charge on any atom is -0.380 e. The Bertz CT molecular complexity index is 480. The predicted molar refractivity (Wildman–Crippen MR) is 73.7 cm³/mol. The smallest absolute Gasteiger partial charge is 0.277 e. The molecule has 0 unspecified atom stereocenters. The summed E-state index contributed by atoms with van der Waals surface area (Å²) < 4.78 is 5.11. The molecule has 0 atom stereocenters. The van der Waals surface area contributed by atoms with E-state index in [1.165, 1.54) is 18.9 Å². The number of nitro groups is 1. The van der Waals surface area contributed by atoms with Crippen LogP contribution in [0.1, 0.15) is 24.0 Å². The van der Waals surface area contributed by atoms with Gasteiger partial charge in [-0.25, -0.2) is 0 Å². The molecule has 0 N–H and O–H groups in total. The molecule has 0 amide bonds. The molecule has 5 heteroatoms. The van der Waals surface area contributed by atoms with Crippen molar-refractivity contribution < 1.29 is 9.66 Å². The Kier molecular flexibility index (Phi) is 4.52. The molecular formula is C14H18N2O3. The molecule has 2 rings (SSSR count). The van der Waals surface area contributed by atoms with Crippen LogP contribution in [0.3, 0.4) is 0 Å². The second-order valence-corrected chi connectivity index (χ2v) is 4.60. The summed E-state index contributed by atoms with van der Waals surface area (Å²) in [7, 11) is 1.59. The molecule has 1 aliphatic rings. The van der Waals surface area contributed by atoms with Gasteiger partial charge in [0.05, 0.1) is 17.1 Å². The van der Waals surface area contributed by atoms with Crippen molar-refractivity contribution in [1.82, 2.24) is 4.90 Å². The van der Waals surface area contributed by atoms with Gasteiger partial charge in [0.25, 0.3) is 5.69 Å². The van der Waals surface area contributed by atoms with Gasteiger partial charge in [0.1, 0.15) is 0 Å². The SMILES string of the molecule is COCc1cccc([N+](=O)[O-])c1C=CN1CCCC1. The number of hydrogen-bond donors (Lipinski definition) is 0. The Hall–Kier alpha value is -1.88. The van der Waals surface area contributed by atoms with Crippen LogP contribution in [0.25, 0.3) is 6.08 Å². The largest absolute Gasteiger partial charge is 0.380 e. The topological polar surface area (TPSA) is 55.6 Å². The minimum atomic E-state index is -0.344. The fraction of sp³-hybridized carbons (Fsp3) is 0.429. The maximum absolute atomic E-state index is 11.1. The van der Waals surface area contributed by atoms with E-state index >= 15 is 0 Å². The third-order valence-electron chi connectivity index (χ3n) is 3.26. The van der Waals surface area contributed by atoms with E-state index in [1.54, 1.807) is 13.2 Å². The number of rotatable bonds is 5. The maximum atomic E-state index is 11.1. The van der Waals surface area contributed by atoms with Crippen molar-refractivity contribution in [3.63, 3.8) is 0 Å². The Morgan fingerprint density at radius 3 is 2.79 bits per heavy atom. The zero-order chi connectivity index (χ0) is 13.7. The van der Waals surface area contributed by atoms with Crippen molar-refractivity contribution in [3.05, 3.63) is 45.6 Å². The zero-order valence-electron chi connectivity index (χ0n) is 11.0. The molecule has 0 saturated carbocycles. The molecule has 1 saturated heterocycles. The number of hydrogen-bond acceptors (Lipinski definition) is 4. The van der Waals surface area contributed by atoms with Crippen LogP contribution in [-0.2, 0) is 11.3 Å². The molecule has 1 aliphatic heterocycles. The first kappa shape index (κ1) is 13.5. The summed E-state index contributed by atoms with van der Waals surface area (Å²) >= 11 is 0. The molecule has 1 fully saturated rings. The zero-order valence-corrected chi connectivity index (χ0v) is 11.0. The number of nitrogens with zero attached hydrogens (tertiary/aromatic N) is 2. The molecule has 1 heterocycles. The monoisotopic (exact) mass is 262 g/mol. The molecule has 5 nitrogen and oxygen atoms in total. The highest BCUT2D eigenvalue weighted by Gasteiger charge is 2.15. The van der Waals surface area contributed by atoms with Crippen LogP contribution in [0.4, 0.5) is 5.69 Å². The summed E-state index contributed by atoms with van der Waals surface area (Å²) in [6.07, 6.45) is 6.16. The molecule has 0 bridgehead atoms. The Balaban J connectivity index is 2.30. The fourth-order valence-corrected chi connectivity index (χ4v) is 2.30. The lowest BCUT2D eigenvalue weighted by Crippen LogP contribution is -2.10. The van der Waals surface area contributed by atoms with Gasteiger partial charge in [-0.05, 0) is 30.7 Å². The van der Waals surface area contributed by atoms with E-state index in [2.05, 4.69) is 4.90 Å². The molecule has 102 valence electrons. The van der Waals surface area contributed by atoms with Gasteiger partial charge in [0, 0.05) is 26.3 Å². The van der Waals surface area contributed by atoms with Gasteiger partial charge >= 0.3 is 0 Å². The van der Waals surface area contributed by atoms with Crippen molar-refractivity contribution >= 4 is 11.8 Å². The summed E-state index contributed by atoms with van der Waals surface area (Å²) in [4.78, 5) is 12.9. The third-order valence-corrected chi connectivity index (χ3v) is 3.26. The molecular weight excluding hydrogens is 244 g/mol. The van der Waals surface area contributed by atoms with Crippen LogP contribution in [0.5, 0.6) is 0 Å². The van der Waals surface area contributed by atoms with Crippen LogP contribution in [0.15, 0.2) is 24.4 Å². The van der Waals surface area contributed by atoms with E-state index in [9.17, 15) is 10.1 Å². The van der Waals surface area contributed by atoms with Crippen molar-refractivity contribution in [2.75, 3.05) is 20.2 Å². The van der Waals surface area contributed by atoms with Crippen molar-refractivity contribution in [3.8, 4) is 0 Å². The number of ether oxygens (including phenoxy) is 1. The van der Waals surface area contributed by atoms with Gasteiger partial charge in [-0.3, -0.25) is 10.1 Å². The lowest BCUT2D eigenvalue weighted by molar-refractivity contribution is -0.385. The lowest BCUT2D eigenvalue weighted by atomic mass is 10.1.